The van der Waals surface area contributed by atoms with E-state index in [0.29, 0.717) is 0 Å². The van der Waals surface area contributed by atoms with Gasteiger partial charge in [-0.05, 0) is 31.9 Å². The molecule has 0 aliphatic carbocycles. The Morgan fingerprint density at radius 2 is 2.00 bits per heavy atom. The van der Waals surface area contributed by atoms with Crippen molar-refractivity contribution in [1.82, 2.24) is 0 Å². The molecule has 0 saturated carbocycles. The molecule has 2 atom stereocenters. The summed E-state index contributed by atoms with van der Waals surface area (Å²) < 4.78 is 29.4. The highest BCUT2D eigenvalue weighted by Crippen LogP contribution is 2.30. The molecule has 1 aromatic rings. The van der Waals surface area contributed by atoms with Crippen LogP contribution in [0.1, 0.15) is 25.8 Å². The minimum atomic E-state index is -4.47. The van der Waals surface area contributed by atoms with Crippen molar-refractivity contribution in [2.24, 2.45) is 0 Å². The van der Waals surface area contributed by atoms with Gasteiger partial charge in [0, 0.05) is 6.07 Å². The van der Waals surface area contributed by atoms with E-state index in [1.54, 1.807) is 0 Å². The number of rotatable bonds is 6. The van der Waals surface area contributed by atoms with E-state index < -0.39 is 27.8 Å². The molecule has 0 aliphatic rings. The van der Waals surface area contributed by atoms with E-state index in [0.717, 1.165) is 13.0 Å². The van der Waals surface area contributed by atoms with Crippen molar-refractivity contribution < 1.29 is 32.7 Å². The van der Waals surface area contributed by atoms with Gasteiger partial charge in [-0.15, -0.1) is 0 Å². The smallest absolute Gasteiger partial charge is 0.340 e. The number of carboxylic acid groups (broad SMARTS) is 1. The van der Waals surface area contributed by atoms with Gasteiger partial charge in [-0.3, -0.25) is 0 Å². The molecule has 2 unspecified atom stereocenters. The summed E-state index contributed by atoms with van der Waals surface area (Å²) in [5, 5.41) is 28.3. The zero-order valence-corrected chi connectivity index (χ0v) is 12.7. The van der Waals surface area contributed by atoms with Gasteiger partial charge in [-0.1, -0.05) is 13.0 Å². The maximum atomic E-state index is 12.3. The van der Waals surface area contributed by atoms with Crippen molar-refractivity contribution in [3.05, 3.63) is 23.8 Å². The third-order valence-corrected chi connectivity index (χ3v) is 4.76. The van der Waals surface area contributed by atoms with E-state index in [1.807, 2.05) is 0 Å². The van der Waals surface area contributed by atoms with Crippen LogP contribution in [0.5, 0.6) is 5.75 Å². The van der Waals surface area contributed by atoms with Crippen molar-refractivity contribution in [1.29, 1.82) is 0 Å². The number of carboxylic acids is 1. The summed E-state index contributed by atoms with van der Waals surface area (Å²) in [7, 11) is -4.47. The number of benzene rings is 1. The number of aryl methyl sites for hydroxylation is 1. The normalized spacial score (nSPS) is 16.2. The first-order valence-corrected chi connectivity index (χ1v) is 7.64. The number of aliphatic hydroxyl groups excluding tert-OH is 1. The SMILES string of the molecule is CCC(OS(=O)(=O)c1cc(O)ccc1C)(C(=O)O)C(C)O. The Kier molecular flexibility index (Phi) is 4.98. The largest absolute Gasteiger partial charge is 0.508 e. The van der Waals surface area contributed by atoms with Crippen LogP contribution in [0.15, 0.2) is 23.1 Å². The lowest BCUT2D eigenvalue weighted by Gasteiger charge is -2.30. The third kappa shape index (κ3) is 3.34. The fourth-order valence-corrected chi connectivity index (χ4v) is 3.43. The molecule has 7 nitrogen and oxygen atoms in total. The highest BCUT2D eigenvalue weighted by Gasteiger charge is 2.47. The minimum Gasteiger partial charge on any atom is -0.508 e. The molecular weight excluding hydrogens is 300 g/mol. The lowest BCUT2D eigenvalue weighted by Crippen LogP contribution is -2.51. The summed E-state index contributed by atoms with van der Waals surface area (Å²) >= 11 is 0. The van der Waals surface area contributed by atoms with Gasteiger partial charge in [-0.25, -0.2) is 8.98 Å². The summed E-state index contributed by atoms with van der Waals surface area (Å²) in [6.45, 7) is 4.01. The van der Waals surface area contributed by atoms with Gasteiger partial charge >= 0.3 is 5.97 Å². The molecule has 21 heavy (non-hydrogen) atoms. The van der Waals surface area contributed by atoms with Gasteiger partial charge in [-0.2, -0.15) is 8.42 Å². The van der Waals surface area contributed by atoms with Crippen LogP contribution in [0.4, 0.5) is 0 Å². The van der Waals surface area contributed by atoms with Crippen LogP contribution in [0, 0.1) is 6.92 Å². The lowest BCUT2D eigenvalue weighted by atomic mass is 9.95. The zero-order valence-electron chi connectivity index (χ0n) is 11.9. The Balaban J connectivity index is 3.37. The van der Waals surface area contributed by atoms with Crippen molar-refractivity contribution in [2.45, 2.75) is 43.8 Å². The summed E-state index contributed by atoms with van der Waals surface area (Å²) in [6.07, 6.45) is -1.80. The molecule has 118 valence electrons. The van der Waals surface area contributed by atoms with E-state index in [1.165, 1.54) is 26.0 Å². The molecule has 0 saturated heterocycles. The number of carbonyl (C=O) groups is 1. The van der Waals surface area contributed by atoms with E-state index >= 15 is 0 Å². The Bertz CT molecular complexity index is 636. The fourth-order valence-electron chi connectivity index (χ4n) is 1.89. The number of aliphatic hydroxyl groups is 1. The van der Waals surface area contributed by atoms with Gasteiger partial charge in [0.2, 0.25) is 5.60 Å². The molecule has 0 aliphatic heterocycles. The first kappa shape index (κ1) is 17.4. The summed E-state index contributed by atoms with van der Waals surface area (Å²) in [5.41, 5.74) is -2.00. The second-order valence-electron chi connectivity index (χ2n) is 4.71. The summed E-state index contributed by atoms with van der Waals surface area (Å²) in [5.74, 6) is -1.88. The van der Waals surface area contributed by atoms with Crippen LogP contribution >= 0.6 is 0 Å². The van der Waals surface area contributed by atoms with Crippen molar-refractivity contribution in [2.75, 3.05) is 0 Å². The molecule has 0 fully saturated rings. The van der Waals surface area contributed by atoms with Crippen LogP contribution in [0.3, 0.4) is 0 Å². The minimum absolute atomic E-state index is 0.253. The average Bonchev–Trinajstić information content (AvgIpc) is 2.38. The maximum Gasteiger partial charge on any atom is 0.340 e. The first-order valence-electron chi connectivity index (χ1n) is 6.23. The Morgan fingerprint density at radius 1 is 1.43 bits per heavy atom. The highest BCUT2D eigenvalue weighted by molar-refractivity contribution is 7.86. The van der Waals surface area contributed by atoms with E-state index in [9.17, 15) is 28.5 Å². The fraction of sp³-hybridized carbons (Fsp3) is 0.462. The second kappa shape index (κ2) is 6.00. The average molecular weight is 318 g/mol. The molecule has 0 heterocycles. The Labute approximate surface area is 122 Å². The van der Waals surface area contributed by atoms with Gasteiger partial charge in [0.1, 0.15) is 10.6 Å². The molecule has 3 N–H and O–H groups in total. The lowest BCUT2D eigenvalue weighted by molar-refractivity contribution is -0.165. The number of hydrogen-bond donors (Lipinski definition) is 3. The van der Waals surface area contributed by atoms with E-state index in [4.69, 9.17) is 4.18 Å². The zero-order chi connectivity index (χ0) is 16.4. The summed E-state index contributed by atoms with van der Waals surface area (Å²) in [4.78, 5) is 11.0. The van der Waals surface area contributed by atoms with Crippen molar-refractivity contribution >= 4 is 16.1 Å². The third-order valence-electron chi connectivity index (χ3n) is 3.26. The first-order chi connectivity index (χ1) is 9.56. The predicted octanol–water partition coefficient (Wildman–Crippen LogP) is 1.02. The molecule has 0 radical (unpaired) electrons. The predicted molar refractivity (Wildman–Crippen MR) is 73.5 cm³/mol. The number of aromatic hydroxyl groups is 1. The van der Waals surface area contributed by atoms with Crippen LogP contribution in [-0.4, -0.2) is 41.4 Å². The summed E-state index contributed by atoms with van der Waals surface area (Å²) in [6, 6.07) is 3.63. The molecule has 0 aromatic heterocycles. The molecule has 0 bridgehead atoms. The number of phenolic OH excluding ortho intramolecular Hbond substituents is 1. The standard InChI is InChI=1S/C13H18O7S/c1-4-13(9(3)14,12(16)17)20-21(18,19)11-7-10(15)6-5-8(11)2/h5-7,9,14-15H,4H2,1-3H3,(H,16,17). The number of phenols is 1. The van der Waals surface area contributed by atoms with Crippen LogP contribution in [-0.2, 0) is 19.1 Å². The molecule has 0 amide bonds. The molecule has 1 rings (SSSR count). The van der Waals surface area contributed by atoms with Crippen molar-refractivity contribution in [3.8, 4) is 5.75 Å². The van der Waals surface area contributed by atoms with E-state index in [-0.39, 0.29) is 22.6 Å². The van der Waals surface area contributed by atoms with Crippen LogP contribution in [0.25, 0.3) is 0 Å². The quantitative estimate of drug-likeness (QED) is 0.669. The number of hydrogen-bond acceptors (Lipinski definition) is 6. The van der Waals surface area contributed by atoms with Crippen LogP contribution < -0.4 is 0 Å². The number of aliphatic carboxylic acids is 1. The van der Waals surface area contributed by atoms with Crippen molar-refractivity contribution in [3.63, 3.8) is 0 Å². The Hall–Kier alpha value is -1.64. The monoisotopic (exact) mass is 318 g/mol. The van der Waals surface area contributed by atoms with Gasteiger partial charge < -0.3 is 15.3 Å². The topological polar surface area (TPSA) is 121 Å². The molecule has 1 aromatic carbocycles. The highest BCUT2D eigenvalue weighted by atomic mass is 32.2. The van der Waals surface area contributed by atoms with Gasteiger partial charge in [0.25, 0.3) is 10.1 Å². The second-order valence-corrected chi connectivity index (χ2v) is 6.23. The Morgan fingerprint density at radius 3 is 2.43 bits per heavy atom. The van der Waals surface area contributed by atoms with Gasteiger partial charge in [0.05, 0.1) is 6.10 Å². The van der Waals surface area contributed by atoms with Gasteiger partial charge in [0.15, 0.2) is 0 Å². The molecule has 0 spiro atoms. The van der Waals surface area contributed by atoms with E-state index in [2.05, 4.69) is 0 Å². The molecule has 8 heteroatoms. The maximum absolute atomic E-state index is 12.3. The van der Waals surface area contributed by atoms with Crippen LogP contribution in [0.2, 0.25) is 0 Å². The molecular formula is C13H18O7S.